The lowest BCUT2D eigenvalue weighted by molar-refractivity contribution is -0.384. The van der Waals surface area contributed by atoms with Crippen LogP contribution in [0.3, 0.4) is 0 Å². The lowest BCUT2D eigenvalue weighted by Gasteiger charge is -2.21. The van der Waals surface area contributed by atoms with E-state index in [4.69, 9.17) is 5.73 Å². The zero-order valence-electron chi connectivity index (χ0n) is 14.6. The minimum Gasteiger partial charge on any atom is -0.373 e. The number of nitrogens with two attached hydrogens (primary N) is 1. The molecule has 1 fully saturated rings. The molecule has 3 N–H and O–H groups in total. The first-order valence-electron chi connectivity index (χ1n) is 8.71. The Morgan fingerprint density at radius 3 is 2.69 bits per heavy atom. The van der Waals surface area contributed by atoms with Crippen LogP contribution in [0.25, 0.3) is 10.9 Å². The van der Waals surface area contributed by atoms with Crippen molar-refractivity contribution in [1.82, 2.24) is 4.57 Å². The summed E-state index contributed by atoms with van der Waals surface area (Å²) < 4.78 is 1.42. The van der Waals surface area contributed by atoms with Gasteiger partial charge in [-0.1, -0.05) is 25.7 Å². The molecular weight excluding hydrogens is 336 g/mol. The van der Waals surface area contributed by atoms with Gasteiger partial charge < -0.3 is 15.6 Å². The van der Waals surface area contributed by atoms with Gasteiger partial charge in [0.1, 0.15) is 6.04 Å². The maximum absolute atomic E-state index is 12.2. The fourth-order valence-corrected chi connectivity index (χ4v) is 3.70. The second-order valence-electron chi connectivity index (χ2n) is 6.90. The van der Waals surface area contributed by atoms with Crippen molar-refractivity contribution in [3.63, 3.8) is 0 Å². The highest BCUT2D eigenvalue weighted by Gasteiger charge is 2.24. The number of fused-ring (bicyclic) bond motifs is 1. The molecule has 1 saturated carbocycles. The standard InChI is InChI=1S/C18H22N4O4/c1-21-16-7-6-12(22(25)26)9-13(16)14(10-17(21)23)20-15(18(19)24)8-11-4-2-3-5-11/h6-7,9-11,15,20H,2-5,8H2,1H3,(H2,19,24). The third-order valence-corrected chi connectivity index (χ3v) is 5.16. The molecule has 0 aliphatic heterocycles. The first-order valence-corrected chi connectivity index (χ1v) is 8.71. The van der Waals surface area contributed by atoms with E-state index in [-0.39, 0.29) is 11.2 Å². The Morgan fingerprint density at radius 1 is 1.38 bits per heavy atom. The molecule has 2 aromatic rings. The van der Waals surface area contributed by atoms with Crippen LogP contribution in [0.5, 0.6) is 0 Å². The zero-order chi connectivity index (χ0) is 18.8. The Bertz CT molecular complexity index is 915. The van der Waals surface area contributed by atoms with Gasteiger partial charge in [0.25, 0.3) is 11.2 Å². The number of amides is 1. The number of carbonyl (C=O) groups excluding carboxylic acids is 1. The molecule has 1 unspecified atom stereocenters. The van der Waals surface area contributed by atoms with Gasteiger partial charge in [-0.3, -0.25) is 19.7 Å². The molecule has 1 aromatic carbocycles. The topological polar surface area (TPSA) is 120 Å². The van der Waals surface area contributed by atoms with E-state index in [2.05, 4.69) is 5.32 Å². The molecule has 26 heavy (non-hydrogen) atoms. The Balaban J connectivity index is 2.02. The van der Waals surface area contributed by atoms with Gasteiger partial charge in [-0.2, -0.15) is 0 Å². The summed E-state index contributed by atoms with van der Waals surface area (Å²) in [5.41, 5.74) is 6.16. The second kappa shape index (κ2) is 7.15. The molecule has 1 amide bonds. The Morgan fingerprint density at radius 2 is 2.08 bits per heavy atom. The lowest BCUT2D eigenvalue weighted by Crippen LogP contribution is -2.37. The Hall–Kier alpha value is -2.90. The monoisotopic (exact) mass is 358 g/mol. The molecule has 1 aliphatic carbocycles. The number of non-ortho nitro benzene ring substituents is 1. The predicted molar refractivity (Wildman–Crippen MR) is 99.0 cm³/mol. The number of hydrogen-bond acceptors (Lipinski definition) is 5. The van der Waals surface area contributed by atoms with Crippen LogP contribution in [0.2, 0.25) is 0 Å². The fraction of sp³-hybridized carbons (Fsp3) is 0.444. The highest BCUT2D eigenvalue weighted by atomic mass is 16.6. The van der Waals surface area contributed by atoms with Crippen molar-refractivity contribution in [1.29, 1.82) is 0 Å². The van der Waals surface area contributed by atoms with E-state index in [1.165, 1.54) is 28.8 Å². The van der Waals surface area contributed by atoms with Gasteiger partial charge in [-0.05, 0) is 18.4 Å². The molecular formula is C18H22N4O4. The summed E-state index contributed by atoms with van der Waals surface area (Å²) in [5, 5.41) is 14.7. The van der Waals surface area contributed by atoms with Crippen molar-refractivity contribution in [3.8, 4) is 0 Å². The molecule has 138 valence electrons. The molecule has 0 saturated heterocycles. The van der Waals surface area contributed by atoms with E-state index in [1.54, 1.807) is 7.05 Å². The minimum absolute atomic E-state index is 0.0781. The number of carbonyl (C=O) groups is 1. The molecule has 0 bridgehead atoms. The number of benzene rings is 1. The number of aryl methyl sites for hydroxylation is 1. The number of hydrogen-bond donors (Lipinski definition) is 2. The van der Waals surface area contributed by atoms with Crippen LogP contribution in [0, 0.1) is 16.0 Å². The van der Waals surface area contributed by atoms with Crippen molar-refractivity contribution in [2.24, 2.45) is 18.7 Å². The average molecular weight is 358 g/mol. The number of anilines is 1. The van der Waals surface area contributed by atoms with Gasteiger partial charge >= 0.3 is 0 Å². The number of nitro groups is 1. The van der Waals surface area contributed by atoms with Crippen LogP contribution in [-0.2, 0) is 11.8 Å². The van der Waals surface area contributed by atoms with Gasteiger partial charge in [0.2, 0.25) is 5.91 Å². The third-order valence-electron chi connectivity index (χ3n) is 5.16. The van der Waals surface area contributed by atoms with E-state index in [0.29, 0.717) is 28.9 Å². The maximum atomic E-state index is 12.2. The number of nitrogens with one attached hydrogen (secondary N) is 1. The highest BCUT2D eigenvalue weighted by molar-refractivity contribution is 5.95. The molecule has 0 spiro atoms. The van der Waals surface area contributed by atoms with Crippen LogP contribution in [-0.4, -0.2) is 21.4 Å². The zero-order valence-corrected chi connectivity index (χ0v) is 14.6. The van der Waals surface area contributed by atoms with Crippen LogP contribution in [0.4, 0.5) is 11.4 Å². The Labute approximate surface area is 150 Å². The largest absolute Gasteiger partial charge is 0.373 e. The number of pyridine rings is 1. The number of nitro benzene ring substituents is 1. The summed E-state index contributed by atoms with van der Waals surface area (Å²) in [5.74, 6) is -0.0664. The van der Waals surface area contributed by atoms with E-state index >= 15 is 0 Å². The minimum atomic E-state index is -0.618. The van der Waals surface area contributed by atoms with E-state index in [9.17, 15) is 19.7 Å². The number of rotatable bonds is 6. The Kier molecular flexibility index (Phi) is 4.92. The van der Waals surface area contributed by atoms with Crippen LogP contribution in [0.1, 0.15) is 32.1 Å². The predicted octanol–water partition coefficient (Wildman–Crippen LogP) is 2.29. The fourth-order valence-electron chi connectivity index (χ4n) is 3.70. The summed E-state index contributed by atoms with van der Waals surface area (Å²) in [6.07, 6.45) is 5.03. The highest BCUT2D eigenvalue weighted by Crippen LogP contribution is 2.31. The normalized spacial score (nSPS) is 15.9. The van der Waals surface area contributed by atoms with Gasteiger partial charge in [-0.25, -0.2) is 0 Å². The first kappa shape index (κ1) is 17.9. The summed E-state index contributed by atoms with van der Waals surface area (Å²) in [6, 6.07) is 5.04. The maximum Gasteiger partial charge on any atom is 0.270 e. The van der Waals surface area contributed by atoms with Gasteiger partial charge in [0, 0.05) is 36.3 Å². The summed E-state index contributed by atoms with van der Waals surface area (Å²) in [6.45, 7) is 0. The van der Waals surface area contributed by atoms with Crippen molar-refractivity contribution in [2.45, 2.75) is 38.1 Å². The molecule has 1 atom stereocenters. The van der Waals surface area contributed by atoms with Crippen LogP contribution >= 0.6 is 0 Å². The van der Waals surface area contributed by atoms with Crippen LogP contribution in [0.15, 0.2) is 29.1 Å². The number of aromatic nitrogens is 1. The molecule has 1 heterocycles. The molecule has 8 heteroatoms. The number of nitrogens with zero attached hydrogens (tertiary/aromatic N) is 2. The van der Waals surface area contributed by atoms with Crippen molar-refractivity contribution in [3.05, 3.63) is 44.7 Å². The quantitative estimate of drug-likeness (QED) is 0.606. The summed E-state index contributed by atoms with van der Waals surface area (Å²) in [4.78, 5) is 34.8. The molecule has 8 nitrogen and oxygen atoms in total. The van der Waals surface area contributed by atoms with Crippen molar-refractivity contribution in [2.75, 3.05) is 5.32 Å². The van der Waals surface area contributed by atoms with Gasteiger partial charge in [0.05, 0.1) is 10.4 Å². The number of primary amides is 1. The smallest absolute Gasteiger partial charge is 0.270 e. The van der Waals surface area contributed by atoms with Crippen molar-refractivity contribution >= 4 is 28.2 Å². The van der Waals surface area contributed by atoms with Crippen molar-refractivity contribution < 1.29 is 9.72 Å². The van der Waals surface area contributed by atoms with E-state index < -0.39 is 16.9 Å². The van der Waals surface area contributed by atoms with Gasteiger partial charge in [0.15, 0.2) is 0 Å². The summed E-state index contributed by atoms with van der Waals surface area (Å²) in [7, 11) is 1.60. The van der Waals surface area contributed by atoms with E-state index in [1.807, 2.05) is 0 Å². The average Bonchev–Trinajstić information content (AvgIpc) is 3.11. The molecule has 1 aromatic heterocycles. The third kappa shape index (κ3) is 3.54. The van der Waals surface area contributed by atoms with Gasteiger partial charge in [-0.15, -0.1) is 0 Å². The lowest BCUT2D eigenvalue weighted by atomic mass is 9.97. The second-order valence-corrected chi connectivity index (χ2v) is 6.90. The van der Waals surface area contributed by atoms with Crippen LogP contribution < -0.4 is 16.6 Å². The molecule has 3 rings (SSSR count). The molecule has 0 radical (unpaired) electrons. The first-order chi connectivity index (χ1) is 12.4. The summed E-state index contributed by atoms with van der Waals surface area (Å²) >= 11 is 0. The molecule has 1 aliphatic rings. The SMILES string of the molecule is Cn1c(=O)cc(NC(CC2CCCC2)C(N)=O)c2cc([N+](=O)[O-])ccc21. The van der Waals surface area contributed by atoms with E-state index in [0.717, 1.165) is 25.7 Å².